The van der Waals surface area contributed by atoms with Gasteiger partial charge in [0.25, 0.3) is 5.91 Å². The maximum absolute atomic E-state index is 12.0. The van der Waals surface area contributed by atoms with Crippen molar-refractivity contribution in [3.63, 3.8) is 0 Å². The van der Waals surface area contributed by atoms with Crippen LogP contribution in [0.5, 0.6) is 0 Å². The minimum absolute atomic E-state index is 0.124. The van der Waals surface area contributed by atoms with Crippen LogP contribution in [0.4, 0.5) is 0 Å². The molecule has 1 amide bonds. The summed E-state index contributed by atoms with van der Waals surface area (Å²) in [7, 11) is 0. The first kappa shape index (κ1) is 15.7. The second-order valence-electron chi connectivity index (χ2n) is 4.66. The van der Waals surface area contributed by atoms with Gasteiger partial charge in [0, 0.05) is 23.0 Å². The SMILES string of the molecule is Cc1c(Br)cccc1C(=O)NCC(C)CCC(=O)O. The van der Waals surface area contributed by atoms with Crippen molar-refractivity contribution < 1.29 is 14.7 Å². The fraction of sp³-hybridized carbons (Fsp3) is 0.429. The number of halogens is 1. The normalized spacial score (nSPS) is 11.9. The summed E-state index contributed by atoms with van der Waals surface area (Å²) < 4.78 is 0.902. The van der Waals surface area contributed by atoms with E-state index in [0.29, 0.717) is 18.5 Å². The van der Waals surface area contributed by atoms with E-state index in [9.17, 15) is 9.59 Å². The largest absolute Gasteiger partial charge is 0.481 e. The van der Waals surface area contributed by atoms with Gasteiger partial charge in [-0.15, -0.1) is 0 Å². The Hall–Kier alpha value is -1.36. The fourth-order valence-corrected chi connectivity index (χ4v) is 2.05. The molecule has 1 aromatic rings. The topological polar surface area (TPSA) is 66.4 Å². The Bertz CT molecular complexity index is 474. The van der Waals surface area contributed by atoms with Crippen LogP contribution >= 0.6 is 15.9 Å². The molecular weight excluding hydrogens is 310 g/mol. The summed E-state index contributed by atoms with van der Waals surface area (Å²) in [6.45, 7) is 4.29. The van der Waals surface area contributed by atoms with Gasteiger partial charge in [0.15, 0.2) is 0 Å². The van der Waals surface area contributed by atoms with Crippen LogP contribution < -0.4 is 5.32 Å². The molecule has 0 saturated heterocycles. The molecule has 4 nitrogen and oxygen atoms in total. The zero-order valence-corrected chi connectivity index (χ0v) is 12.7. The Kier molecular flexibility index (Phi) is 6.02. The molecule has 1 atom stereocenters. The summed E-state index contributed by atoms with van der Waals surface area (Å²) in [5.74, 6) is -0.783. The zero-order valence-electron chi connectivity index (χ0n) is 11.1. The highest BCUT2D eigenvalue weighted by Gasteiger charge is 2.12. The average Bonchev–Trinajstić information content (AvgIpc) is 2.36. The number of rotatable bonds is 6. The van der Waals surface area contributed by atoms with Crippen LogP contribution in [0, 0.1) is 12.8 Å². The Morgan fingerprint density at radius 2 is 2.11 bits per heavy atom. The standard InChI is InChI=1S/C14H18BrNO3/c1-9(6-7-13(17)18)8-16-14(19)11-4-3-5-12(15)10(11)2/h3-5,9H,6-8H2,1-2H3,(H,16,19)(H,17,18). The third-order valence-electron chi connectivity index (χ3n) is 2.97. The molecular formula is C14H18BrNO3. The minimum Gasteiger partial charge on any atom is -0.481 e. The van der Waals surface area contributed by atoms with Crippen LogP contribution in [0.1, 0.15) is 35.7 Å². The first-order valence-corrected chi connectivity index (χ1v) is 6.96. The van der Waals surface area contributed by atoms with Crippen LogP contribution in [-0.2, 0) is 4.79 Å². The van der Waals surface area contributed by atoms with Gasteiger partial charge in [-0.05, 0) is 37.0 Å². The van der Waals surface area contributed by atoms with E-state index in [1.54, 1.807) is 6.07 Å². The smallest absolute Gasteiger partial charge is 0.303 e. The van der Waals surface area contributed by atoms with Crippen molar-refractivity contribution in [2.75, 3.05) is 6.54 Å². The Labute approximate surface area is 121 Å². The van der Waals surface area contributed by atoms with Crippen LogP contribution in [0.2, 0.25) is 0 Å². The van der Waals surface area contributed by atoms with E-state index in [1.807, 2.05) is 26.0 Å². The van der Waals surface area contributed by atoms with Gasteiger partial charge in [0.2, 0.25) is 0 Å². The Morgan fingerprint density at radius 1 is 1.42 bits per heavy atom. The molecule has 2 N–H and O–H groups in total. The summed E-state index contributed by atoms with van der Waals surface area (Å²) in [5.41, 5.74) is 1.54. The minimum atomic E-state index is -0.805. The van der Waals surface area contributed by atoms with E-state index in [4.69, 9.17) is 5.11 Å². The predicted molar refractivity (Wildman–Crippen MR) is 77.2 cm³/mol. The van der Waals surface area contributed by atoms with Gasteiger partial charge in [-0.2, -0.15) is 0 Å². The highest BCUT2D eigenvalue weighted by atomic mass is 79.9. The van der Waals surface area contributed by atoms with E-state index in [-0.39, 0.29) is 18.2 Å². The Balaban J connectivity index is 2.51. The first-order chi connectivity index (χ1) is 8.91. The number of hydrogen-bond donors (Lipinski definition) is 2. The second kappa shape index (κ2) is 7.28. The molecule has 0 aromatic heterocycles. The van der Waals surface area contributed by atoms with Crippen LogP contribution in [0.3, 0.4) is 0 Å². The third-order valence-corrected chi connectivity index (χ3v) is 3.83. The Morgan fingerprint density at radius 3 is 2.74 bits per heavy atom. The lowest BCUT2D eigenvalue weighted by molar-refractivity contribution is -0.137. The number of hydrogen-bond acceptors (Lipinski definition) is 2. The lowest BCUT2D eigenvalue weighted by Crippen LogP contribution is -2.29. The average molecular weight is 328 g/mol. The van der Waals surface area contributed by atoms with Gasteiger partial charge < -0.3 is 10.4 Å². The number of carboxylic acid groups (broad SMARTS) is 1. The highest BCUT2D eigenvalue weighted by molar-refractivity contribution is 9.10. The van der Waals surface area contributed by atoms with Crippen molar-refractivity contribution in [2.45, 2.75) is 26.7 Å². The van der Waals surface area contributed by atoms with Crippen LogP contribution in [0.25, 0.3) is 0 Å². The fourth-order valence-electron chi connectivity index (χ4n) is 1.69. The molecule has 0 bridgehead atoms. The number of amides is 1. The molecule has 0 spiro atoms. The summed E-state index contributed by atoms with van der Waals surface area (Å²) in [6.07, 6.45) is 0.694. The lowest BCUT2D eigenvalue weighted by Gasteiger charge is -2.13. The number of carbonyl (C=O) groups is 2. The van der Waals surface area contributed by atoms with E-state index in [2.05, 4.69) is 21.2 Å². The number of carboxylic acids is 1. The first-order valence-electron chi connectivity index (χ1n) is 6.17. The molecule has 0 aliphatic heterocycles. The highest BCUT2D eigenvalue weighted by Crippen LogP contribution is 2.19. The molecule has 104 valence electrons. The van der Waals surface area contributed by atoms with Gasteiger partial charge in [0.1, 0.15) is 0 Å². The molecule has 19 heavy (non-hydrogen) atoms. The zero-order chi connectivity index (χ0) is 14.4. The van der Waals surface area contributed by atoms with Crippen LogP contribution in [-0.4, -0.2) is 23.5 Å². The number of benzene rings is 1. The number of aliphatic carboxylic acids is 1. The second-order valence-corrected chi connectivity index (χ2v) is 5.51. The van der Waals surface area contributed by atoms with Gasteiger partial charge in [0.05, 0.1) is 0 Å². The summed E-state index contributed by atoms with van der Waals surface area (Å²) in [6, 6.07) is 5.48. The van der Waals surface area contributed by atoms with Crippen molar-refractivity contribution in [3.05, 3.63) is 33.8 Å². The van der Waals surface area contributed by atoms with Crippen molar-refractivity contribution in [3.8, 4) is 0 Å². The molecule has 1 unspecified atom stereocenters. The van der Waals surface area contributed by atoms with Gasteiger partial charge in [-0.3, -0.25) is 9.59 Å². The van der Waals surface area contributed by atoms with Gasteiger partial charge >= 0.3 is 5.97 Å². The number of carbonyl (C=O) groups excluding carboxylic acids is 1. The molecule has 1 aromatic carbocycles. The molecule has 5 heteroatoms. The molecule has 0 fully saturated rings. The quantitative estimate of drug-likeness (QED) is 0.844. The van der Waals surface area contributed by atoms with E-state index in [1.165, 1.54) is 0 Å². The summed E-state index contributed by atoms with van der Waals surface area (Å²) in [4.78, 5) is 22.5. The molecule has 1 rings (SSSR count). The summed E-state index contributed by atoms with van der Waals surface area (Å²) in [5, 5.41) is 11.4. The molecule has 0 aliphatic rings. The lowest BCUT2D eigenvalue weighted by atomic mass is 10.0. The van der Waals surface area contributed by atoms with Crippen molar-refractivity contribution >= 4 is 27.8 Å². The third kappa shape index (κ3) is 5.03. The predicted octanol–water partition coefficient (Wildman–Crippen LogP) is 2.99. The van der Waals surface area contributed by atoms with Gasteiger partial charge in [-0.1, -0.05) is 28.9 Å². The van der Waals surface area contributed by atoms with Crippen molar-refractivity contribution in [2.24, 2.45) is 5.92 Å². The van der Waals surface area contributed by atoms with E-state index < -0.39 is 5.97 Å². The molecule has 0 saturated carbocycles. The van der Waals surface area contributed by atoms with Crippen molar-refractivity contribution in [1.82, 2.24) is 5.32 Å². The maximum Gasteiger partial charge on any atom is 0.303 e. The van der Waals surface area contributed by atoms with Crippen molar-refractivity contribution in [1.29, 1.82) is 0 Å². The monoisotopic (exact) mass is 327 g/mol. The number of nitrogens with one attached hydrogen (secondary N) is 1. The molecule has 0 heterocycles. The van der Waals surface area contributed by atoms with Gasteiger partial charge in [-0.25, -0.2) is 0 Å². The maximum atomic E-state index is 12.0. The van der Waals surface area contributed by atoms with E-state index >= 15 is 0 Å². The summed E-state index contributed by atoms with van der Waals surface area (Å²) >= 11 is 3.39. The molecule has 0 radical (unpaired) electrons. The van der Waals surface area contributed by atoms with Crippen LogP contribution in [0.15, 0.2) is 22.7 Å². The molecule has 0 aliphatic carbocycles. The van der Waals surface area contributed by atoms with E-state index in [0.717, 1.165) is 10.0 Å².